The van der Waals surface area contributed by atoms with Crippen molar-refractivity contribution in [3.05, 3.63) is 72.3 Å². The monoisotopic (exact) mass is 533 g/mol. The molecule has 38 heavy (non-hydrogen) atoms. The van der Waals surface area contributed by atoms with E-state index in [1.807, 2.05) is 34.9 Å². The van der Waals surface area contributed by atoms with Crippen molar-refractivity contribution in [1.29, 1.82) is 0 Å². The van der Waals surface area contributed by atoms with Crippen molar-refractivity contribution >= 4 is 23.4 Å². The molecular formula is C27H27N5O5S. The Bertz CT molecular complexity index is 1410. The van der Waals surface area contributed by atoms with Gasteiger partial charge in [0, 0.05) is 11.3 Å². The summed E-state index contributed by atoms with van der Waals surface area (Å²) in [5.74, 6) is 1.91. The zero-order chi connectivity index (χ0) is 27.1. The number of thioether (sulfide) groups is 1. The number of benzene rings is 3. The maximum absolute atomic E-state index is 12.6. The van der Waals surface area contributed by atoms with Gasteiger partial charge in [-0.1, -0.05) is 30.0 Å². The van der Waals surface area contributed by atoms with Gasteiger partial charge in [-0.2, -0.15) is 5.10 Å². The van der Waals surface area contributed by atoms with Crippen LogP contribution in [0.4, 0.5) is 0 Å². The van der Waals surface area contributed by atoms with E-state index in [0.29, 0.717) is 39.5 Å². The first-order valence-corrected chi connectivity index (χ1v) is 12.5. The highest BCUT2D eigenvalue weighted by molar-refractivity contribution is 7.99. The predicted octanol–water partition coefficient (Wildman–Crippen LogP) is 4.30. The lowest BCUT2D eigenvalue weighted by Crippen LogP contribution is -2.21. The van der Waals surface area contributed by atoms with Gasteiger partial charge in [-0.05, 0) is 61.0 Å². The Morgan fingerprint density at radius 3 is 2.24 bits per heavy atom. The molecule has 10 nitrogen and oxygen atoms in total. The van der Waals surface area contributed by atoms with Crippen molar-refractivity contribution in [3.8, 4) is 40.1 Å². The average molecular weight is 534 g/mol. The fraction of sp³-hybridized carbons (Fsp3) is 0.185. The number of hydrazone groups is 1. The highest BCUT2D eigenvalue weighted by Gasteiger charge is 2.21. The molecule has 2 N–H and O–H groups in total. The number of phenolic OH excluding ortho intramolecular Hbond substituents is 1. The van der Waals surface area contributed by atoms with Gasteiger partial charge in [-0.25, -0.2) is 5.43 Å². The molecule has 0 unspecified atom stereocenters. The minimum atomic E-state index is -0.301. The molecule has 11 heteroatoms. The normalized spacial score (nSPS) is 11.2. The molecule has 4 rings (SSSR count). The summed E-state index contributed by atoms with van der Waals surface area (Å²) in [5, 5.41) is 22.9. The summed E-state index contributed by atoms with van der Waals surface area (Å²) in [4.78, 5) is 12.6. The van der Waals surface area contributed by atoms with Gasteiger partial charge in [0.25, 0.3) is 5.91 Å². The third kappa shape index (κ3) is 5.89. The molecule has 0 radical (unpaired) electrons. The molecule has 0 saturated carbocycles. The Morgan fingerprint density at radius 2 is 1.63 bits per heavy atom. The van der Waals surface area contributed by atoms with Gasteiger partial charge in [-0.3, -0.25) is 9.36 Å². The average Bonchev–Trinajstić information content (AvgIpc) is 3.38. The molecule has 1 amide bonds. The fourth-order valence-electron chi connectivity index (χ4n) is 3.65. The molecule has 0 aliphatic rings. The van der Waals surface area contributed by atoms with Crippen LogP contribution in [0, 0.1) is 0 Å². The number of hydrogen-bond donors (Lipinski definition) is 2. The highest BCUT2D eigenvalue weighted by Crippen LogP contribution is 2.41. The van der Waals surface area contributed by atoms with Crippen LogP contribution in [0.25, 0.3) is 17.1 Å². The number of amides is 1. The van der Waals surface area contributed by atoms with Crippen molar-refractivity contribution < 1.29 is 24.1 Å². The van der Waals surface area contributed by atoms with Crippen LogP contribution < -0.4 is 19.6 Å². The van der Waals surface area contributed by atoms with E-state index in [9.17, 15) is 9.90 Å². The minimum Gasteiger partial charge on any atom is -0.508 e. The van der Waals surface area contributed by atoms with E-state index in [0.717, 1.165) is 11.3 Å². The summed E-state index contributed by atoms with van der Waals surface area (Å²) in [6.07, 6.45) is 0. The second kappa shape index (κ2) is 12.2. The SMILES string of the molecule is COc1cc(-c2nnc(SCC(=O)N/N=C(/C)c3ccc(O)cc3)n2-c2ccccc2)cc(OC)c1OC. The first kappa shape index (κ1) is 26.6. The lowest BCUT2D eigenvalue weighted by Gasteiger charge is -2.15. The molecule has 0 aliphatic heterocycles. The van der Waals surface area contributed by atoms with Crippen molar-refractivity contribution in [3.63, 3.8) is 0 Å². The van der Waals surface area contributed by atoms with Crippen molar-refractivity contribution in [2.24, 2.45) is 5.10 Å². The second-order valence-corrected chi connectivity index (χ2v) is 8.90. The maximum atomic E-state index is 12.6. The maximum Gasteiger partial charge on any atom is 0.250 e. The molecular weight excluding hydrogens is 506 g/mol. The Labute approximate surface area is 224 Å². The number of carbonyl (C=O) groups is 1. The third-order valence-electron chi connectivity index (χ3n) is 5.54. The highest BCUT2D eigenvalue weighted by atomic mass is 32.2. The van der Waals surface area contributed by atoms with Crippen LogP contribution >= 0.6 is 11.8 Å². The quantitative estimate of drug-likeness (QED) is 0.176. The predicted molar refractivity (Wildman–Crippen MR) is 146 cm³/mol. The minimum absolute atomic E-state index is 0.0621. The number of hydrogen-bond acceptors (Lipinski definition) is 9. The van der Waals surface area contributed by atoms with E-state index in [1.54, 1.807) is 64.7 Å². The summed E-state index contributed by atoms with van der Waals surface area (Å²) in [6, 6.07) is 19.8. The van der Waals surface area contributed by atoms with Crippen molar-refractivity contribution in [1.82, 2.24) is 20.2 Å². The van der Waals surface area contributed by atoms with Crippen LogP contribution in [0.5, 0.6) is 23.0 Å². The zero-order valence-corrected chi connectivity index (χ0v) is 22.2. The third-order valence-corrected chi connectivity index (χ3v) is 6.47. The number of nitrogens with one attached hydrogen (secondary N) is 1. The Hall–Kier alpha value is -4.51. The first-order chi connectivity index (χ1) is 18.4. The fourth-order valence-corrected chi connectivity index (χ4v) is 4.39. The molecule has 1 aromatic heterocycles. The first-order valence-electron chi connectivity index (χ1n) is 11.5. The van der Waals surface area contributed by atoms with Crippen LogP contribution in [0.3, 0.4) is 0 Å². The van der Waals surface area contributed by atoms with Crippen LogP contribution in [-0.4, -0.2) is 58.6 Å². The summed E-state index contributed by atoms with van der Waals surface area (Å²) in [6.45, 7) is 1.77. The number of para-hydroxylation sites is 1. The largest absolute Gasteiger partial charge is 0.508 e. The smallest absolute Gasteiger partial charge is 0.250 e. The summed E-state index contributed by atoms with van der Waals surface area (Å²) < 4.78 is 18.3. The van der Waals surface area contributed by atoms with Crippen LogP contribution in [0.1, 0.15) is 12.5 Å². The van der Waals surface area contributed by atoms with E-state index in [1.165, 1.54) is 11.8 Å². The lowest BCUT2D eigenvalue weighted by molar-refractivity contribution is -0.118. The summed E-state index contributed by atoms with van der Waals surface area (Å²) >= 11 is 1.23. The van der Waals surface area contributed by atoms with E-state index >= 15 is 0 Å². The van der Waals surface area contributed by atoms with Crippen LogP contribution in [0.15, 0.2) is 77.0 Å². The number of rotatable bonds is 10. The molecule has 196 valence electrons. The van der Waals surface area contributed by atoms with E-state index in [-0.39, 0.29) is 17.4 Å². The standard InChI is InChI=1S/C27H27N5O5S/c1-17(18-10-12-21(33)13-11-18)28-29-24(34)16-38-27-31-30-26(32(27)20-8-6-5-7-9-20)19-14-22(35-2)25(37-4)23(15-19)36-3/h5-15,33H,16H2,1-4H3,(H,29,34)/b28-17-. The number of aromatic hydroxyl groups is 1. The summed E-state index contributed by atoms with van der Waals surface area (Å²) in [5.41, 5.74) is 5.49. The molecule has 4 aromatic rings. The Kier molecular flexibility index (Phi) is 8.49. The molecule has 0 saturated heterocycles. The molecule has 0 fully saturated rings. The molecule has 0 atom stereocenters. The molecule has 0 aliphatic carbocycles. The van der Waals surface area contributed by atoms with Gasteiger partial charge in [-0.15, -0.1) is 10.2 Å². The van der Waals surface area contributed by atoms with Crippen molar-refractivity contribution in [2.75, 3.05) is 27.1 Å². The van der Waals surface area contributed by atoms with E-state index in [4.69, 9.17) is 14.2 Å². The molecule has 3 aromatic carbocycles. The van der Waals surface area contributed by atoms with Crippen LogP contribution in [0.2, 0.25) is 0 Å². The van der Waals surface area contributed by atoms with Crippen molar-refractivity contribution in [2.45, 2.75) is 12.1 Å². The zero-order valence-electron chi connectivity index (χ0n) is 21.3. The molecule has 0 spiro atoms. The number of methoxy groups -OCH3 is 3. The van der Waals surface area contributed by atoms with E-state index < -0.39 is 0 Å². The summed E-state index contributed by atoms with van der Waals surface area (Å²) in [7, 11) is 4.64. The van der Waals surface area contributed by atoms with Gasteiger partial charge in [0.15, 0.2) is 22.5 Å². The van der Waals surface area contributed by atoms with E-state index in [2.05, 4.69) is 20.7 Å². The number of nitrogens with zero attached hydrogens (tertiary/aromatic N) is 4. The number of aromatic nitrogens is 3. The Morgan fingerprint density at radius 1 is 0.974 bits per heavy atom. The van der Waals surface area contributed by atoms with Gasteiger partial charge in [0.2, 0.25) is 5.75 Å². The van der Waals surface area contributed by atoms with Gasteiger partial charge in [0.1, 0.15) is 5.75 Å². The number of ether oxygens (including phenoxy) is 3. The van der Waals surface area contributed by atoms with Gasteiger partial charge >= 0.3 is 0 Å². The number of carbonyl (C=O) groups excluding carboxylic acids is 1. The molecule has 0 bridgehead atoms. The second-order valence-electron chi connectivity index (χ2n) is 7.96. The lowest BCUT2D eigenvalue weighted by atomic mass is 10.1. The molecule has 1 heterocycles. The van der Waals surface area contributed by atoms with Crippen LogP contribution in [-0.2, 0) is 4.79 Å². The Balaban J connectivity index is 1.60. The van der Waals surface area contributed by atoms with Gasteiger partial charge in [0.05, 0.1) is 32.8 Å². The number of phenols is 1. The van der Waals surface area contributed by atoms with Gasteiger partial charge < -0.3 is 19.3 Å². The topological polar surface area (TPSA) is 120 Å².